The summed E-state index contributed by atoms with van der Waals surface area (Å²) in [7, 11) is 0. The van der Waals surface area contributed by atoms with E-state index in [0.29, 0.717) is 15.7 Å². The molecule has 1 N–H and O–H groups in total. The number of rotatable bonds is 4. The predicted molar refractivity (Wildman–Crippen MR) is 80.4 cm³/mol. The number of esters is 1. The molecule has 1 amide bonds. The van der Waals surface area contributed by atoms with E-state index in [9.17, 15) is 22.8 Å². The maximum atomic E-state index is 12.9. The van der Waals surface area contributed by atoms with Crippen LogP contribution in [-0.4, -0.2) is 23.5 Å². The fraction of sp³-hybridized carbons (Fsp3) is 0.250. The second kappa shape index (κ2) is 6.85. The third-order valence-electron chi connectivity index (χ3n) is 2.37. The highest BCUT2D eigenvalue weighted by Crippen LogP contribution is 2.36. The Morgan fingerprint density at radius 2 is 2.04 bits per heavy atom. The van der Waals surface area contributed by atoms with Gasteiger partial charge in [-0.15, -0.1) is 11.3 Å². The van der Waals surface area contributed by atoms with Crippen LogP contribution >= 0.6 is 34.3 Å². The van der Waals surface area contributed by atoms with Crippen LogP contribution < -0.4 is 5.32 Å². The lowest BCUT2D eigenvalue weighted by atomic mass is 10.3. The van der Waals surface area contributed by atoms with Gasteiger partial charge in [-0.2, -0.15) is 13.2 Å². The molecular formula is C12H8ClF3N2O3S2. The standard InChI is InChI=1S/C12H8ClF3N2O3S2/c1-2-21-10(20)7-8(12(14,15)16)17-11(23-7)18-9(19)5-3-4-6(13)22-5/h3-4H,2H2,1H3,(H,17,18,19). The number of aromatic nitrogens is 1. The molecule has 0 aliphatic carbocycles. The molecule has 0 saturated heterocycles. The van der Waals surface area contributed by atoms with E-state index in [-0.39, 0.29) is 16.6 Å². The molecule has 0 unspecified atom stereocenters. The molecule has 124 valence electrons. The van der Waals surface area contributed by atoms with Gasteiger partial charge in [-0.25, -0.2) is 9.78 Å². The molecule has 2 heterocycles. The summed E-state index contributed by atoms with van der Waals surface area (Å²) in [6.07, 6.45) is -4.84. The molecule has 0 spiro atoms. The Morgan fingerprint density at radius 1 is 1.35 bits per heavy atom. The number of anilines is 1. The Labute approximate surface area is 141 Å². The number of alkyl halides is 3. The van der Waals surface area contributed by atoms with Crippen molar-refractivity contribution in [2.24, 2.45) is 0 Å². The average Bonchev–Trinajstić information content (AvgIpc) is 3.05. The highest BCUT2D eigenvalue weighted by Gasteiger charge is 2.40. The van der Waals surface area contributed by atoms with Crippen LogP contribution in [0.5, 0.6) is 0 Å². The Balaban J connectivity index is 2.29. The summed E-state index contributed by atoms with van der Waals surface area (Å²) in [6, 6.07) is 2.90. The van der Waals surface area contributed by atoms with Crippen LogP contribution in [0.15, 0.2) is 12.1 Å². The summed E-state index contributed by atoms with van der Waals surface area (Å²) >= 11 is 7.05. The molecule has 11 heteroatoms. The highest BCUT2D eigenvalue weighted by molar-refractivity contribution is 7.19. The molecule has 0 aliphatic heterocycles. The quantitative estimate of drug-likeness (QED) is 0.798. The number of hydrogen-bond donors (Lipinski definition) is 1. The molecular weight excluding hydrogens is 377 g/mol. The van der Waals surface area contributed by atoms with Crippen molar-refractivity contribution in [1.29, 1.82) is 0 Å². The second-order valence-electron chi connectivity index (χ2n) is 3.97. The minimum atomic E-state index is -4.84. The third kappa shape index (κ3) is 4.21. The number of halogens is 4. The molecule has 0 atom stereocenters. The largest absolute Gasteiger partial charge is 0.462 e. The van der Waals surface area contributed by atoms with Crippen LogP contribution in [0.3, 0.4) is 0 Å². The van der Waals surface area contributed by atoms with Crippen LogP contribution in [0.4, 0.5) is 18.3 Å². The molecule has 2 aromatic heterocycles. The lowest BCUT2D eigenvalue weighted by Gasteiger charge is -2.04. The Bertz CT molecular complexity index is 742. The maximum absolute atomic E-state index is 12.9. The van der Waals surface area contributed by atoms with Crippen molar-refractivity contribution in [3.8, 4) is 0 Å². The van der Waals surface area contributed by atoms with Crippen LogP contribution in [-0.2, 0) is 10.9 Å². The lowest BCUT2D eigenvalue weighted by Crippen LogP contribution is -2.14. The topological polar surface area (TPSA) is 68.3 Å². The Hall–Kier alpha value is -1.65. The van der Waals surface area contributed by atoms with Crippen LogP contribution in [0, 0.1) is 0 Å². The van der Waals surface area contributed by atoms with Gasteiger partial charge in [-0.3, -0.25) is 10.1 Å². The first-order valence-electron chi connectivity index (χ1n) is 6.04. The van der Waals surface area contributed by atoms with Gasteiger partial charge in [0.25, 0.3) is 5.91 Å². The van der Waals surface area contributed by atoms with E-state index in [1.807, 2.05) is 0 Å². The number of hydrogen-bond acceptors (Lipinski definition) is 6. The number of carbonyl (C=O) groups is 2. The molecule has 2 aromatic rings. The number of nitrogens with zero attached hydrogens (tertiary/aromatic N) is 1. The highest BCUT2D eigenvalue weighted by atomic mass is 35.5. The Morgan fingerprint density at radius 3 is 2.57 bits per heavy atom. The van der Waals surface area contributed by atoms with Crippen molar-refractivity contribution >= 4 is 51.3 Å². The first-order valence-corrected chi connectivity index (χ1v) is 8.05. The van der Waals surface area contributed by atoms with Crippen molar-refractivity contribution in [2.45, 2.75) is 13.1 Å². The number of thiophene rings is 1. The summed E-state index contributed by atoms with van der Waals surface area (Å²) in [5.41, 5.74) is -1.39. The summed E-state index contributed by atoms with van der Waals surface area (Å²) in [5, 5.41) is 1.86. The fourth-order valence-electron chi connectivity index (χ4n) is 1.50. The van der Waals surface area contributed by atoms with E-state index in [4.69, 9.17) is 11.6 Å². The molecule has 0 fully saturated rings. The van der Waals surface area contributed by atoms with Gasteiger partial charge >= 0.3 is 12.1 Å². The lowest BCUT2D eigenvalue weighted by molar-refractivity contribution is -0.141. The molecule has 5 nitrogen and oxygen atoms in total. The normalized spacial score (nSPS) is 11.3. The number of carbonyl (C=O) groups excluding carboxylic acids is 2. The van der Waals surface area contributed by atoms with Crippen molar-refractivity contribution in [3.63, 3.8) is 0 Å². The van der Waals surface area contributed by atoms with Gasteiger partial charge in [0.1, 0.15) is 4.88 Å². The van der Waals surface area contributed by atoms with Crippen molar-refractivity contribution in [3.05, 3.63) is 31.9 Å². The van der Waals surface area contributed by atoms with Crippen molar-refractivity contribution < 1.29 is 27.5 Å². The van der Waals surface area contributed by atoms with Crippen LogP contribution in [0.2, 0.25) is 4.34 Å². The van der Waals surface area contributed by atoms with E-state index in [0.717, 1.165) is 11.3 Å². The summed E-state index contributed by atoms with van der Waals surface area (Å²) < 4.78 is 43.7. The monoisotopic (exact) mass is 384 g/mol. The van der Waals surface area contributed by atoms with Gasteiger partial charge in [-0.1, -0.05) is 22.9 Å². The Kier molecular flexibility index (Phi) is 5.27. The third-order valence-corrected chi connectivity index (χ3v) is 4.55. The number of nitrogens with one attached hydrogen (secondary N) is 1. The van der Waals surface area contributed by atoms with Gasteiger partial charge in [0, 0.05) is 0 Å². The van der Waals surface area contributed by atoms with Gasteiger partial charge < -0.3 is 4.74 Å². The summed E-state index contributed by atoms with van der Waals surface area (Å²) in [5.74, 6) is -1.81. The molecule has 0 radical (unpaired) electrons. The first-order chi connectivity index (χ1) is 10.7. The summed E-state index contributed by atoms with van der Waals surface area (Å²) in [4.78, 5) is 26.3. The molecule has 0 bridgehead atoms. The fourth-order valence-corrected chi connectivity index (χ4v) is 3.31. The molecule has 0 aliphatic rings. The van der Waals surface area contributed by atoms with Crippen molar-refractivity contribution in [1.82, 2.24) is 4.98 Å². The van der Waals surface area contributed by atoms with E-state index in [2.05, 4.69) is 15.0 Å². The minimum absolute atomic E-state index is 0.0799. The zero-order valence-electron chi connectivity index (χ0n) is 11.4. The molecule has 23 heavy (non-hydrogen) atoms. The number of ether oxygens (including phenoxy) is 1. The van der Waals surface area contributed by atoms with Gasteiger partial charge in [0.05, 0.1) is 15.8 Å². The van der Waals surface area contributed by atoms with Gasteiger partial charge in [-0.05, 0) is 19.1 Å². The van der Waals surface area contributed by atoms with E-state index in [1.54, 1.807) is 0 Å². The zero-order chi connectivity index (χ0) is 17.2. The van der Waals surface area contributed by atoms with E-state index >= 15 is 0 Å². The maximum Gasteiger partial charge on any atom is 0.435 e. The average molecular weight is 385 g/mol. The van der Waals surface area contributed by atoms with Gasteiger partial charge in [0.2, 0.25) is 0 Å². The van der Waals surface area contributed by atoms with E-state index < -0.39 is 28.6 Å². The van der Waals surface area contributed by atoms with Crippen LogP contribution in [0.1, 0.15) is 32.0 Å². The zero-order valence-corrected chi connectivity index (χ0v) is 13.8. The molecule has 0 saturated carbocycles. The van der Waals surface area contributed by atoms with E-state index in [1.165, 1.54) is 19.1 Å². The molecule has 2 rings (SSSR count). The first kappa shape index (κ1) is 17.7. The van der Waals surface area contributed by atoms with Crippen LogP contribution in [0.25, 0.3) is 0 Å². The SMILES string of the molecule is CCOC(=O)c1sc(NC(=O)c2ccc(Cl)s2)nc1C(F)(F)F. The van der Waals surface area contributed by atoms with Gasteiger partial charge in [0.15, 0.2) is 10.8 Å². The number of thiazole rings is 1. The predicted octanol–water partition coefficient (Wildman–Crippen LogP) is 4.31. The van der Waals surface area contributed by atoms with Crippen molar-refractivity contribution in [2.75, 3.05) is 11.9 Å². The smallest absolute Gasteiger partial charge is 0.435 e. The summed E-state index contributed by atoms with van der Waals surface area (Å²) in [6.45, 7) is 1.39. The minimum Gasteiger partial charge on any atom is -0.462 e. The molecule has 0 aromatic carbocycles. The number of amides is 1. The second-order valence-corrected chi connectivity index (χ2v) is 6.69.